The lowest BCUT2D eigenvalue weighted by molar-refractivity contribution is -0.126. The standard InChI is InChI=1S/C27H27N3O5/c1-34-23-11-7-21(8-12-23)29-25(31)18-35-24-13-9-22(10-14-24)30-17-20(15-26(30)32)27(33)28-16-19-5-3-2-4-6-19/h2-14,20H,15-18H2,1H3,(H,28,33)(H,29,31). The lowest BCUT2D eigenvalue weighted by Crippen LogP contribution is -2.32. The highest BCUT2D eigenvalue weighted by Gasteiger charge is 2.35. The zero-order chi connectivity index (χ0) is 24.6. The van der Waals surface area contributed by atoms with Crippen molar-refractivity contribution < 1.29 is 23.9 Å². The molecule has 0 radical (unpaired) electrons. The second-order valence-corrected chi connectivity index (χ2v) is 8.17. The summed E-state index contributed by atoms with van der Waals surface area (Å²) in [6.07, 6.45) is 0.171. The van der Waals surface area contributed by atoms with Gasteiger partial charge < -0.3 is 25.0 Å². The van der Waals surface area contributed by atoms with Gasteiger partial charge in [0.25, 0.3) is 5.91 Å². The molecule has 0 aliphatic carbocycles. The lowest BCUT2D eigenvalue weighted by atomic mass is 10.1. The van der Waals surface area contributed by atoms with Crippen LogP contribution in [0.25, 0.3) is 0 Å². The van der Waals surface area contributed by atoms with Gasteiger partial charge in [-0.15, -0.1) is 0 Å². The molecule has 0 bridgehead atoms. The molecule has 4 rings (SSSR count). The Morgan fingerprint density at radius 1 is 0.943 bits per heavy atom. The normalized spacial score (nSPS) is 14.9. The summed E-state index contributed by atoms with van der Waals surface area (Å²) in [5.74, 6) is 0.282. The van der Waals surface area contributed by atoms with Crippen molar-refractivity contribution in [3.8, 4) is 11.5 Å². The molecule has 2 N–H and O–H groups in total. The fourth-order valence-corrected chi connectivity index (χ4v) is 3.80. The number of benzene rings is 3. The highest BCUT2D eigenvalue weighted by Crippen LogP contribution is 2.27. The largest absolute Gasteiger partial charge is 0.497 e. The minimum atomic E-state index is -0.399. The summed E-state index contributed by atoms with van der Waals surface area (Å²) in [6.45, 7) is 0.601. The van der Waals surface area contributed by atoms with Crippen LogP contribution in [0.3, 0.4) is 0 Å². The molecule has 3 aromatic carbocycles. The third-order valence-electron chi connectivity index (χ3n) is 5.70. The van der Waals surface area contributed by atoms with Crippen LogP contribution in [-0.4, -0.2) is 38.0 Å². The van der Waals surface area contributed by atoms with Crippen LogP contribution < -0.4 is 25.0 Å². The van der Waals surface area contributed by atoms with Crippen molar-refractivity contribution in [2.45, 2.75) is 13.0 Å². The Hall–Kier alpha value is -4.33. The van der Waals surface area contributed by atoms with Gasteiger partial charge in [0.15, 0.2) is 6.61 Å². The molecular weight excluding hydrogens is 446 g/mol. The van der Waals surface area contributed by atoms with Gasteiger partial charge in [-0.2, -0.15) is 0 Å². The number of carbonyl (C=O) groups is 3. The predicted molar refractivity (Wildman–Crippen MR) is 132 cm³/mol. The molecule has 8 nitrogen and oxygen atoms in total. The molecule has 1 heterocycles. The first-order valence-electron chi connectivity index (χ1n) is 11.3. The molecule has 1 aliphatic rings. The summed E-state index contributed by atoms with van der Waals surface area (Å²) in [6, 6.07) is 23.5. The summed E-state index contributed by atoms with van der Waals surface area (Å²) in [7, 11) is 1.58. The molecule has 1 saturated heterocycles. The van der Waals surface area contributed by atoms with Crippen molar-refractivity contribution in [2.75, 3.05) is 30.5 Å². The Kier molecular flexibility index (Phi) is 7.62. The van der Waals surface area contributed by atoms with Gasteiger partial charge in [0, 0.05) is 30.9 Å². The summed E-state index contributed by atoms with van der Waals surface area (Å²) in [5, 5.41) is 5.66. The molecule has 1 atom stereocenters. The van der Waals surface area contributed by atoms with E-state index in [0.29, 0.717) is 36.0 Å². The van der Waals surface area contributed by atoms with Crippen LogP contribution in [0.1, 0.15) is 12.0 Å². The third-order valence-corrected chi connectivity index (χ3v) is 5.70. The topological polar surface area (TPSA) is 97.0 Å². The zero-order valence-electron chi connectivity index (χ0n) is 19.4. The van der Waals surface area contributed by atoms with Gasteiger partial charge in [-0.3, -0.25) is 14.4 Å². The number of hydrogen-bond acceptors (Lipinski definition) is 5. The highest BCUT2D eigenvalue weighted by molar-refractivity contribution is 6.00. The molecule has 3 amide bonds. The monoisotopic (exact) mass is 473 g/mol. The first-order valence-corrected chi connectivity index (χ1v) is 11.3. The fraction of sp³-hybridized carbons (Fsp3) is 0.222. The van der Waals surface area contributed by atoms with Crippen LogP contribution in [0, 0.1) is 5.92 Å². The number of rotatable bonds is 9. The van der Waals surface area contributed by atoms with Gasteiger partial charge in [-0.1, -0.05) is 30.3 Å². The van der Waals surface area contributed by atoms with Gasteiger partial charge in [0.1, 0.15) is 11.5 Å². The number of carbonyl (C=O) groups excluding carboxylic acids is 3. The van der Waals surface area contributed by atoms with Crippen molar-refractivity contribution >= 4 is 29.1 Å². The molecule has 35 heavy (non-hydrogen) atoms. The van der Waals surface area contributed by atoms with Gasteiger partial charge in [-0.25, -0.2) is 0 Å². The number of nitrogens with zero attached hydrogens (tertiary/aromatic N) is 1. The first-order chi connectivity index (χ1) is 17.0. The van der Waals surface area contributed by atoms with Gasteiger partial charge >= 0.3 is 0 Å². The van der Waals surface area contributed by atoms with Crippen molar-refractivity contribution in [1.82, 2.24) is 5.32 Å². The number of hydrogen-bond donors (Lipinski definition) is 2. The van der Waals surface area contributed by atoms with E-state index in [1.165, 1.54) is 0 Å². The predicted octanol–water partition coefficient (Wildman–Crippen LogP) is 3.38. The Balaban J connectivity index is 1.25. The average Bonchev–Trinajstić information content (AvgIpc) is 3.29. The minimum Gasteiger partial charge on any atom is -0.497 e. The van der Waals surface area contributed by atoms with Crippen molar-refractivity contribution in [3.05, 3.63) is 84.4 Å². The Morgan fingerprint density at radius 3 is 2.31 bits per heavy atom. The number of amides is 3. The molecule has 0 spiro atoms. The second-order valence-electron chi connectivity index (χ2n) is 8.17. The van der Waals surface area contributed by atoms with Crippen LogP contribution in [0.4, 0.5) is 11.4 Å². The van der Waals surface area contributed by atoms with E-state index < -0.39 is 5.92 Å². The van der Waals surface area contributed by atoms with Crippen LogP contribution in [0.5, 0.6) is 11.5 Å². The van der Waals surface area contributed by atoms with Crippen molar-refractivity contribution in [3.63, 3.8) is 0 Å². The number of ether oxygens (including phenoxy) is 2. The van der Waals surface area contributed by atoms with E-state index in [1.807, 2.05) is 30.3 Å². The van der Waals surface area contributed by atoms with E-state index in [2.05, 4.69) is 10.6 Å². The van der Waals surface area contributed by atoms with E-state index in [-0.39, 0.29) is 30.7 Å². The molecule has 1 aliphatic heterocycles. The smallest absolute Gasteiger partial charge is 0.262 e. The molecule has 0 saturated carbocycles. The van der Waals surface area contributed by atoms with Gasteiger partial charge in [0.2, 0.25) is 11.8 Å². The van der Waals surface area contributed by atoms with Crippen LogP contribution >= 0.6 is 0 Å². The van der Waals surface area contributed by atoms with E-state index in [1.54, 1.807) is 60.5 Å². The molecule has 1 unspecified atom stereocenters. The second kappa shape index (κ2) is 11.2. The summed E-state index contributed by atoms with van der Waals surface area (Å²) in [5.41, 5.74) is 2.34. The maximum Gasteiger partial charge on any atom is 0.262 e. The Labute approximate surface area is 203 Å². The van der Waals surface area contributed by atoms with E-state index in [9.17, 15) is 14.4 Å². The van der Waals surface area contributed by atoms with Crippen LogP contribution in [-0.2, 0) is 20.9 Å². The van der Waals surface area contributed by atoms with Crippen LogP contribution in [0.15, 0.2) is 78.9 Å². The molecule has 0 aromatic heterocycles. The SMILES string of the molecule is COc1ccc(NC(=O)COc2ccc(N3CC(C(=O)NCc4ccccc4)CC3=O)cc2)cc1. The number of anilines is 2. The summed E-state index contributed by atoms with van der Waals surface area (Å²) >= 11 is 0. The average molecular weight is 474 g/mol. The van der Waals surface area contributed by atoms with E-state index in [4.69, 9.17) is 9.47 Å². The number of methoxy groups -OCH3 is 1. The van der Waals surface area contributed by atoms with E-state index >= 15 is 0 Å². The van der Waals surface area contributed by atoms with Crippen molar-refractivity contribution in [2.24, 2.45) is 5.92 Å². The Bertz CT molecular complexity index is 1160. The van der Waals surface area contributed by atoms with Crippen LogP contribution in [0.2, 0.25) is 0 Å². The maximum atomic E-state index is 12.6. The Morgan fingerprint density at radius 2 is 1.63 bits per heavy atom. The van der Waals surface area contributed by atoms with E-state index in [0.717, 1.165) is 5.56 Å². The quantitative estimate of drug-likeness (QED) is 0.497. The summed E-state index contributed by atoms with van der Waals surface area (Å²) in [4.78, 5) is 38.8. The third kappa shape index (κ3) is 6.38. The van der Waals surface area contributed by atoms with Gasteiger partial charge in [-0.05, 0) is 54.1 Å². The van der Waals surface area contributed by atoms with Gasteiger partial charge in [0.05, 0.1) is 13.0 Å². The first kappa shape index (κ1) is 23.8. The molecule has 180 valence electrons. The molecule has 8 heteroatoms. The lowest BCUT2D eigenvalue weighted by Gasteiger charge is -2.17. The molecule has 1 fully saturated rings. The summed E-state index contributed by atoms with van der Waals surface area (Å²) < 4.78 is 10.7. The highest BCUT2D eigenvalue weighted by atomic mass is 16.5. The molecular formula is C27H27N3O5. The molecule has 3 aromatic rings. The van der Waals surface area contributed by atoms with Crippen molar-refractivity contribution in [1.29, 1.82) is 0 Å². The fourth-order valence-electron chi connectivity index (χ4n) is 3.80. The maximum absolute atomic E-state index is 12.6. The zero-order valence-corrected chi connectivity index (χ0v) is 19.4. The minimum absolute atomic E-state index is 0.0996. The number of nitrogens with one attached hydrogen (secondary N) is 2.